The van der Waals surface area contributed by atoms with Crippen molar-refractivity contribution >= 4 is 5.91 Å². The molecule has 3 rings (SSSR count). The smallest absolute Gasteiger partial charge is 0.237 e. The van der Waals surface area contributed by atoms with E-state index in [-0.39, 0.29) is 17.8 Å². The molecule has 0 N–H and O–H groups in total. The zero-order chi connectivity index (χ0) is 18.5. The number of hydrogen-bond donors (Lipinski definition) is 0. The maximum atomic E-state index is 13.2. The minimum Gasteiger partial charge on any atom is -0.335 e. The van der Waals surface area contributed by atoms with Gasteiger partial charge in [-0.25, -0.2) is 4.39 Å². The highest BCUT2D eigenvalue weighted by atomic mass is 19.1. The molecule has 1 amide bonds. The summed E-state index contributed by atoms with van der Waals surface area (Å²) in [5.74, 6) is -0.0749. The van der Waals surface area contributed by atoms with E-state index >= 15 is 0 Å². The molecule has 1 aliphatic carbocycles. The molecule has 1 aromatic carbocycles. The van der Waals surface area contributed by atoms with E-state index in [9.17, 15) is 9.18 Å². The molecule has 1 heterocycles. The zero-order valence-electron chi connectivity index (χ0n) is 16.2. The number of carbonyl (C=O) groups excluding carboxylic acids is 1. The quantitative estimate of drug-likeness (QED) is 0.778. The Bertz CT molecular complexity index is 577. The van der Waals surface area contributed by atoms with E-state index in [0.717, 1.165) is 37.8 Å². The first-order valence-corrected chi connectivity index (χ1v) is 10.1. The highest BCUT2D eigenvalue weighted by molar-refractivity contribution is 5.78. The third kappa shape index (κ3) is 4.63. The van der Waals surface area contributed by atoms with Crippen LogP contribution in [0.1, 0.15) is 51.1 Å². The van der Waals surface area contributed by atoms with Crippen molar-refractivity contribution in [2.24, 2.45) is 0 Å². The minimum absolute atomic E-state index is 0.0344. The van der Waals surface area contributed by atoms with Crippen LogP contribution >= 0.6 is 0 Å². The molecule has 1 aromatic rings. The van der Waals surface area contributed by atoms with Crippen molar-refractivity contribution in [1.82, 2.24) is 14.7 Å². The van der Waals surface area contributed by atoms with E-state index in [1.54, 1.807) is 12.1 Å². The van der Waals surface area contributed by atoms with E-state index in [1.165, 1.54) is 37.8 Å². The Morgan fingerprint density at radius 1 is 1.15 bits per heavy atom. The van der Waals surface area contributed by atoms with Crippen molar-refractivity contribution in [2.45, 2.75) is 51.6 Å². The first-order valence-electron chi connectivity index (χ1n) is 10.1. The summed E-state index contributed by atoms with van der Waals surface area (Å²) < 4.78 is 13.2. The van der Waals surface area contributed by atoms with Gasteiger partial charge in [-0.1, -0.05) is 25.0 Å². The van der Waals surface area contributed by atoms with Crippen molar-refractivity contribution in [3.05, 3.63) is 35.6 Å². The maximum absolute atomic E-state index is 13.2. The van der Waals surface area contributed by atoms with Gasteiger partial charge in [-0.3, -0.25) is 14.6 Å². The van der Waals surface area contributed by atoms with Crippen LogP contribution in [0.5, 0.6) is 0 Å². The minimum atomic E-state index is -0.240. The van der Waals surface area contributed by atoms with Gasteiger partial charge in [0.15, 0.2) is 0 Å². The van der Waals surface area contributed by atoms with Crippen LogP contribution in [-0.2, 0) is 4.79 Å². The Balaban J connectivity index is 1.52. The monoisotopic (exact) mass is 361 g/mol. The number of nitrogens with zero attached hydrogens (tertiary/aromatic N) is 3. The van der Waals surface area contributed by atoms with Crippen LogP contribution in [0.3, 0.4) is 0 Å². The lowest BCUT2D eigenvalue weighted by atomic mass is 10.1. The molecule has 1 atom stereocenters. The van der Waals surface area contributed by atoms with Crippen LogP contribution < -0.4 is 0 Å². The molecule has 2 fully saturated rings. The predicted molar refractivity (Wildman–Crippen MR) is 102 cm³/mol. The number of rotatable bonds is 6. The topological polar surface area (TPSA) is 26.8 Å². The molecule has 1 aliphatic heterocycles. The molecule has 5 heteroatoms. The molecule has 1 unspecified atom stereocenters. The molecule has 0 radical (unpaired) electrons. The van der Waals surface area contributed by atoms with Crippen LogP contribution in [0.2, 0.25) is 0 Å². The van der Waals surface area contributed by atoms with Crippen LogP contribution in [0.4, 0.5) is 4.39 Å². The first kappa shape index (κ1) is 19.3. The number of amides is 1. The van der Waals surface area contributed by atoms with E-state index in [1.807, 2.05) is 18.7 Å². The van der Waals surface area contributed by atoms with E-state index in [4.69, 9.17) is 0 Å². The van der Waals surface area contributed by atoms with Crippen molar-refractivity contribution in [3.63, 3.8) is 0 Å². The van der Waals surface area contributed by atoms with Gasteiger partial charge >= 0.3 is 0 Å². The summed E-state index contributed by atoms with van der Waals surface area (Å²) in [5.41, 5.74) is 0.979. The Morgan fingerprint density at radius 3 is 2.35 bits per heavy atom. The molecular weight excluding hydrogens is 329 g/mol. The largest absolute Gasteiger partial charge is 0.335 e. The van der Waals surface area contributed by atoms with Gasteiger partial charge in [-0.05, 0) is 44.4 Å². The van der Waals surface area contributed by atoms with Crippen molar-refractivity contribution in [2.75, 3.05) is 39.3 Å². The van der Waals surface area contributed by atoms with Crippen LogP contribution in [0.25, 0.3) is 0 Å². The highest BCUT2D eigenvalue weighted by Gasteiger charge is 2.28. The lowest BCUT2D eigenvalue weighted by Crippen LogP contribution is -2.52. The summed E-state index contributed by atoms with van der Waals surface area (Å²) in [4.78, 5) is 19.7. The molecule has 0 spiro atoms. The zero-order valence-corrected chi connectivity index (χ0v) is 16.2. The Morgan fingerprint density at radius 2 is 1.77 bits per heavy atom. The summed E-state index contributed by atoms with van der Waals surface area (Å²) in [6, 6.07) is 7.22. The summed E-state index contributed by atoms with van der Waals surface area (Å²) in [7, 11) is 0. The van der Waals surface area contributed by atoms with E-state index in [2.05, 4.69) is 9.80 Å². The van der Waals surface area contributed by atoms with Crippen molar-refractivity contribution in [1.29, 1.82) is 0 Å². The number of carbonyl (C=O) groups is 1. The molecular formula is C21H32FN3O. The predicted octanol–water partition coefficient (Wildman–Crippen LogP) is 3.30. The molecule has 2 aliphatic rings. The van der Waals surface area contributed by atoms with Gasteiger partial charge in [0.1, 0.15) is 5.82 Å². The van der Waals surface area contributed by atoms with Crippen LogP contribution in [-0.4, -0.2) is 65.9 Å². The fraction of sp³-hybridized carbons (Fsp3) is 0.667. The maximum Gasteiger partial charge on any atom is 0.237 e. The summed E-state index contributed by atoms with van der Waals surface area (Å²) in [6.45, 7) is 9.30. The number of likely N-dealkylation sites (N-methyl/N-ethyl adjacent to an activating group) is 1. The lowest BCUT2D eigenvalue weighted by Gasteiger charge is -2.39. The number of hydrogen-bond acceptors (Lipinski definition) is 3. The van der Waals surface area contributed by atoms with Crippen molar-refractivity contribution < 1.29 is 9.18 Å². The van der Waals surface area contributed by atoms with Gasteiger partial charge < -0.3 is 4.90 Å². The van der Waals surface area contributed by atoms with Gasteiger partial charge in [-0.15, -0.1) is 0 Å². The molecule has 26 heavy (non-hydrogen) atoms. The summed E-state index contributed by atoms with van der Waals surface area (Å²) >= 11 is 0. The summed E-state index contributed by atoms with van der Waals surface area (Å²) in [5, 5.41) is 0. The van der Waals surface area contributed by atoms with Gasteiger partial charge in [0, 0.05) is 38.8 Å². The second kappa shape index (κ2) is 8.96. The number of benzene rings is 1. The first-order chi connectivity index (χ1) is 12.6. The average Bonchev–Trinajstić information content (AvgIpc) is 3.18. The molecule has 1 saturated carbocycles. The van der Waals surface area contributed by atoms with Gasteiger partial charge in [0.25, 0.3) is 0 Å². The number of halogens is 1. The molecule has 0 aromatic heterocycles. The van der Waals surface area contributed by atoms with E-state index < -0.39 is 0 Å². The fourth-order valence-electron chi connectivity index (χ4n) is 4.43. The normalized spacial score (nSPS) is 21.0. The molecule has 4 nitrogen and oxygen atoms in total. The second-order valence-corrected chi connectivity index (χ2v) is 7.66. The van der Waals surface area contributed by atoms with Gasteiger partial charge in [-0.2, -0.15) is 0 Å². The van der Waals surface area contributed by atoms with Crippen molar-refractivity contribution in [3.8, 4) is 0 Å². The Hall–Kier alpha value is -1.46. The molecule has 144 valence electrons. The Kier molecular flexibility index (Phi) is 6.65. The highest BCUT2D eigenvalue weighted by Crippen LogP contribution is 2.25. The molecule has 0 bridgehead atoms. The molecule has 1 saturated heterocycles. The second-order valence-electron chi connectivity index (χ2n) is 7.66. The van der Waals surface area contributed by atoms with Gasteiger partial charge in [0.2, 0.25) is 5.91 Å². The van der Waals surface area contributed by atoms with Crippen LogP contribution in [0, 0.1) is 5.82 Å². The van der Waals surface area contributed by atoms with Gasteiger partial charge in [0.05, 0.1) is 12.6 Å². The number of piperazine rings is 1. The lowest BCUT2D eigenvalue weighted by molar-refractivity contribution is -0.134. The van der Waals surface area contributed by atoms with Crippen LogP contribution in [0.15, 0.2) is 24.3 Å². The van der Waals surface area contributed by atoms with E-state index in [0.29, 0.717) is 13.1 Å². The standard InChI is InChI=1S/C21H32FN3O/c1-3-25(17(2)18-8-10-19(22)11-9-18)21(26)16-23-12-14-24(15-13-23)20-6-4-5-7-20/h8-11,17,20H,3-7,12-16H2,1-2H3. The fourth-order valence-corrected chi connectivity index (χ4v) is 4.43. The third-order valence-corrected chi connectivity index (χ3v) is 6.09. The third-order valence-electron chi connectivity index (χ3n) is 6.09. The summed E-state index contributed by atoms with van der Waals surface area (Å²) in [6.07, 6.45) is 5.43. The SMILES string of the molecule is CCN(C(=O)CN1CCN(C2CCCC2)CC1)C(C)c1ccc(F)cc1. The average molecular weight is 362 g/mol. The Labute approximate surface area is 157 Å².